The van der Waals surface area contributed by atoms with Gasteiger partial charge in [-0.15, -0.1) is 13.2 Å². The van der Waals surface area contributed by atoms with Gasteiger partial charge < -0.3 is 14.4 Å². The predicted octanol–water partition coefficient (Wildman–Crippen LogP) is 5.03. The fourth-order valence-electron chi connectivity index (χ4n) is 3.37. The zero-order valence-corrected chi connectivity index (χ0v) is 15.9. The average Bonchev–Trinajstić information content (AvgIpc) is 2.86. The van der Waals surface area contributed by atoms with Crippen LogP contribution in [-0.4, -0.2) is 27.0 Å². The zero-order valence-electron chi connectivity index (χ0n) is 15.2. The minimum Gasteiger partial charge on any atom is -0.477 e. The second-order valence-electron chi connectivity index (χ2n) is 6.49. The zero-order chi connectivity index (χ0) is 20.8. The van der Waals surface area contributed by atoms with Crippen LogP contribution in [0.4, 0.5) is 13.2 Å². The van der Waals surface area contributed by atoms with E-state index in [4.69, 9.17) is 11.6 Å². The standard InChI is InChI=1S/C19H16ClF3N2O3/c1-9-4-12(28-19(21,22)23)6-15-16(9)11(8-25(15)3)5-13-10(2)17(18(26)27)24-7-14(13)20/h4,6-8H,5H2,1-3H3,(H,26,27). The number of nitrogens with zero attached hydrogens (tertiary/aromatic N) is 2. The van der Waals surface area contributed by atoms with Gasteiger partial charge in [0.05, 0.1) is 10.5 Å². The fourth-order valence-corrected chi connectivity index (χ4v) is 3.62. The van der Waals surface area contributed by atoms with Gasteiger partial charge in [-0.3, -0.25) is 0 Å². The summed E-state index contributed by atoms with van der Waals surface area (Å²) < 4.78 is 43.4. The third-order valence-electron chi connectivity index (χ3n) is 4.55. The van der Waals surface area contributed by atoms with Gasteiger partial charge in [0.15, 0.2) is 5.69 Å². The van der Waals surface area contributed by atoms with E-state index >= 15 is 0 Å². The minimum absolute atomic E-state index is 0.0859. The van der Waals surface area contributed by atoms with Crippen molar-refractivity contribution in [1.82, 2.24) is 9.55 Å². The molecule has 1 aromatic carbocycles. The Morgan fingerprint density at radius 3 is 2.61 bits per heavy atom. The number of hydrogen-bond acceptors (Lipinski definition) is 3. The van der Waals surface area contributed by atoms with Crippen LogP contribution in [0.5, 0.6) is 5.75 Å². The first kappa shape index (κ1) is 20.0. The highest BCUT2D eigenvalue weighted by atomic mass is 35.5. The van der Waals surface area contributed by atoms with Gasteiger partial charge in [0.2, 0.25) is 0 Å². The van der Waals surface area contributed by atoms with Crippen molar-refractivity contribution in [2.45, 2.75) is 26.6 Å². The smallest absolute Gasteiger partial charge is 0.477 e. The first-order valence-corrected chi connectivity index (χ1v) is 8.57. The van der Waals surface area contributed by atoms with Crippen molar-refractivity contribution in [3.63, 3.8) is 0 Å². The van der Waals surface area contributed by atoms with Gasteiger partial charge in [-0.2, -0.15) is 0 Å². The van der Waals surface area contributed by atoms with Crippen LogP contribution in [0.15, 0.2) is 24.5 Å². The lowest BCUT2D eigenvalue weighted by Gasteiger charge is -2.12. The Morgan fingerprint density at radius 1 is 1.32 bits per heavy atom. The Hall–Kier alpha value is -2.74. The van der Waals surface area contributed by atoms with Crippen LogP contribution < -0.4 is 4.74 Å². The molecule has 2 aromatic heterocycles. The summed E-state index contributed by atoms with van der Waals surface area (Å²) in [6.45, 7) is 3.32. The van der Waals surface area contributed by atoms with Crippen molar-refractivity contribution in [1.29, 1.82) is 0 Å². The lowest BCUT2D eigenvalue weighted by atomic mass is 9.98. The monoisotopic (exact) mass is 412 g/mol. The summed E-state index contributed by atoms with van der Waals surface area (Å²) in [6.07, 6.45) is -1.39. The van der Waals surface area contributed by atoms with E-state index in [1.165, 1.54) is 18.3 Å². The molecule has 2 heterocycles. The van der Waals surface area contributed by atoms with Crippen LogP contribution in [0, 0.1) is 13.8 Å². The Morgan fingerprint density at radius 2 is 2.00 bits per heavy atom. The highest BCUT2D eigenvalue weighted by Crippen LogP contribution is 2.34. The molecule has 1 N–H and O–H groups in total. The van der Waals surface area contributed by atoms with E-state index in [0.717, 1.165) is 10.9 Å². The van der Waals surface area contributed by atoms with E-state index in [-0.39, 0.29) is 11.4 Å². The molecule has 0 aliphatic heterocycles. The van der Waals surface area contributed by atoms with E-state index in [9.17, 15) is 23.1 Å². The summed E-state index contributed by atoms with van der Waals surface area (Å²) in [6, 6.07) is 2.64. The Kier molecular flexibility index (Phi) is 5.01. The number of carbonyl (C=O) groups is 1. The van der Waals surface area contributed by atoms with Crippen molar-refractivity contribution in [2.24, 2.45) is 7.05 Å². The highest BCUT2D eigenvalue weighted by Gasteiger charge is 2.31. The molecule has 3 aromatic rings. The summed E-state index contributed by atoms with van der Waals surface area (Å²) >= 11 is 6.24. The third-order valence-corrected chi connectivity index (χ3v) is 4.87. The summed E-state index contributed by atoms with van der Waals surface area (Å²) in [7, 11) is 1.71. The molecule has 0 fully saturated rings. The third kappa shape index (κ3) is 3.77. The number of benzene rings is 1. The molecule has 0 spiro atoms. The molecule has 0 radical (unpaired) electrons. The Bertz CT molecular complexity index is 1090. The molecule has 0 atom stereocenters. The van der Waals surface area contributed by atoms with Crippen molar-refractivity contribution < 1.29 is 27.8 Å². The lowest BCUT2D eigenvalue weighted by Crippen LogP contribution is -2.17. The Balaban J connectivity index is 2.11. The number of aryl methyl sites for hydroxylation is 2. The number of aromatic nitrogens is 2. The van der Waals surface area contributed by atoms with Crippen LogP contribution in [0.25, 0.3) is 10.9 Å². The van der Waals surface area contributed by atoms with Gasteiger partial charge in [0, 0.05) is 37.3 Å². The van der Waals surface area contributed by atoms with E-state index in [0.29, 0.717) is 33.7 Å². The van der Waals surface area contributed by atoms with Gasteiger partial charge in [0.1, 0.15) is 5.75 Å². The van der Waals surface area contributed by atoms with E-state index < -0.39 is 12.3 Å². The molecule has 3 rings (SSSR count). The van der Waals surface area contributed by atoms with Gasteiger partial charge in [-0.05, 0) is 42.2 Å². The van der Waals surface area contributed by atoms with Crippen molar-refractivity contribution in [3.05, 3.63) is 57.5 Å². The molecule has 0 aliphatic rings. The molecule has 0 saturated heterocycles. The second kappa shape index (κ2) is 7.01. The van der Waals surface area contributed by atoms with Gasteiger partial charge in [0.25, 0.3) is 0 Å². The molecule has 0 amide bonds. The summed E-state index contributed by atoms with van der Waals surface area (Å²) in [5.74, 6) is -1.45. The molecule has 5 nitrogen and oxygen atoms in total. The quantitative estimate of drug-likeness (QED) is 0.652. The van der Waals surface area contributed by atoms with Crippen LogP contribution >= 0.6 is 11.6 Å². The predicted molar refractivity (Wildman–Crippen MR) is 98.1 cm³/mol. The molecule has 9 heteroatoms. The fraction of sp³-hybridized carbons (Fsp3) is 0.263. The SMILES string of the molecule is Cc1c(C(=O)O)ncc(Cl)c1Cc1cn(C)c2cc(OC(F)(F)F)cc(C)c12. The summed E-state index contributed by atoms with van der Waals surface area (Å²) in [4.78, 5) is 15.2. The van der Waals surface area contributed by atoms with Crippen LogP contribution in [0.3, 0.4) is 0 Å². The number of carboxylic acid groups (broad SMARTS) is 1. The molecular formula is C19H16ClF3N2O3. The van der Waals surface area contributed by atoms with Gasteiger partial charge in [-0.25, -0.2) is 9.78 Å². The molecule has 0 saturated carbocycles. The second-order valence-corrected chi connectivity index (χ2v) is 6.89. The van der Waals surface area contributed by atoms with Gasteiger partial charge in [-0.1, -0.05) is 11.6 Å². The molecular weight excluding hydrogens is 397 g/mol. The topological polar surface area (TPSA) is 64.3 Å². The Labute approximate surface area is 163 Å². The number of ether oxygens (including phenoxy) is 1. The maximum Gasteiger partial charge on any atom is 0.573 e. The number of alkyl halides is 3. The van der Waals surface area contributed by atoms with Crippen LogP contribution in [-0.2, 0) is 13.5 Å². The maximum absolute atomic E-state index is 12.6. The van der Waals surface area contributed by atoms with Crippen LogP contribution in [0.2, 0.25) is 5.02 Å². The normalized spacial score (nSPS) is 11.8. The summed E-state index contributed by atoms with van der Waals surface area (Å²) in [5.41, 5.74) is 2.95. The largest absolute Gasteiger partial charge is 0.573 e. The minimum atomic E-state index is -4.77. The average molecular weight is 413 g/mol. The number of pyridine rings is 1. The first-order chi connectivity index (χ1) is 13.0. The number of rotatable bonds is 4. The maximum atomic E-state index is 12.6. The number of hydrogen-bond donors (Lipinski definition) is 1. The van der Waals surface area contributed by atoms with E-state index in [1.54, 1.807) is 31.7 Å². The van der Waals surface area contributed by atoms with Crippen LogP contribution in [0.1, 0.15) is 32.7 Å². The number of fused-ring (bicyclic) bond motifs is 1. The lowest BCUT2D eigenvalue weighted by molar-refractivity contribution is -0.274. The summed E-state index contributed by atoms with van der Waals surface area (Å²) in [5, 5.41) is 10.4. The number of halogens is 4. The van der Waals surface area contributed by atoms with E-state index in [2.05, 4.69) is 9.72 Å². The molecule has 148 valence electrons. The number of aromatic carboxylic acids is 1. The number of carboxylic acids is 1. The molecule has 0 aliphatic carbocycles. The molecule has 0 unspecified atom stereocenters. The van der Waals surface area contributed by atoms with E-state index in [1.807, 2.05) is 0 Å². The van der Waals surface area contributed by atoms with Crippen molar-refractivity contribution >= 4 is 28.5 Å². The highest BCUT2D eigenvalue weighted by molar-refractivity contribution is 6.31. The molecule has 0 bridgehead atoms. The molecule has 28 heavy (non-hydrogen) atoms. The van der Waals surface area contributed by atoms with Crippen molar-refractivity contribution in [3.8, 4) is 5.75 Å². The van der Waals surface area contributed by atoms with Crippen molar-refractivity contribution in [2.75, 3.05) is 0 Å². The van der Waals surface area contributed by atoms with Gasteiger partial charge >= 0.3 is 12.3 Å². The first-order valence-electron chi connectivity index (χ1n) is 8.19.